The van der Waals surface area contributed by atoms with Crippen molar-refractivity contribution in [2.24, 2.45) is 0 Å². The van der Waals surface area contributed by atoms with Gasteiger partial charge in [0.25, 0.3) is 0 Å². The molecular formula is C15H16O6S. The average molecular weight is 324 g/mol. The van der Waals surface area contributed by atoms with Crippen LogP contribution >= 0.6 is 11.8 Å². The fraction of sp³-hybridized carbons (Fsp3) is 0.400. The van der Waals surface area contributed by atoms with E-state index in [-0.39, 0.29) is 5.75 Å². The first kappa shape index (κ1) is 15.4. The minimum Gasteiger partial charge on any atom is -0.476 e. The van der Waals surface area contributed by atoms with E-state index in [1.165, 1.54) is 17.8 Å². The molecule has 22 heavy (non-hydrogen) atoms. The van der Waals surface area contributed by atoms with Crippen LogP contribution in [0.5, 0.6) is 5.75 Å². The van der Waals surface area contributed by atoms with Gasteiger partial charge in [-0.3, -0.25) is 0 Å². The monoisotopic (exact) mass is 324 g/mol. The summed E-state index contributed by atoms with van der Waals surface area (Å²) in [4.78, 5) is 11.4. The highest BCUT2D eigenvalue weighted by atomic mass is 32.2. The summed E-state index contributed by atoms with van der Waals surface area (Å²) in [6.45, 7) is 1.77. The van der Waals surface area contributed by atoms with Crippen LogP contribution in [-0.2, 0) is 0 Å². The SMILES string of the molecule is Cc1cc(=O)oc2cccc(O[C@@H]3SC[C@@H](O)[C@H](O)[C@H]3O)c12. The van der Waals surface area contributed by atoms with Gasteiger partial charge in [-0.25, -0.2) is 4.79 Å². The van der Waals surface area contributed by atoms with Gasteiger partial charge in [0.1, 0.15) is 23.5 Å². The smallest absolute Gasteiger partial charge is 0.336 e. The van der Waals surface area contributed by atoms with Gasteiger partial charge in [0.05, 0.1) is 11.5 Å². The van der Waals surface area contributed by atoms with Gasteiger partial charge in [0.2, 0.25) is 0 Å². The van der Waals surface area contributed by atoms with Gasteiger partial charge in [-0.1, -0.05) is 6.07 Å². The van der Waals surface area contributed by atoms with Gasteiger partial charge in [-0.15, -0.1) is 11.8 Å². The number of rotatable bonds is 2. The molecule has 1 aliphatic rings. The van der Waals surface area contributed by atoms with Crippen molar-refractivity contribution in [1.29, 1.82) is 0 Å². The van der Waals surface area contributed by atoms with Crippen LogP contribution in [0.15, 0.2) is 33.5 Å². The number of ether oxygens (including phenoxy) is 1. The summed E-state index contributed by atoms with van der Waals surface area (Å²) >= 11 is 1.22. The predicted molar refractivity (Wildman–Crippen MR) is 82.1 cm³/mol. The Morgan fingerprint density at radius 1 is 1.27 bits per heavy atom. The third kappa shape index (κ3) is 2.72. The Labute approximate surface area is 130 Å². The van der Waals surface area contributed by atoms with E-state index in [0.29, 0.717) is 22.3 Å². The molecule has 3 rings (SSSR count). The van der Waals surface area contributed by atoms with Crippen molar-refractivity contribution in [3.05, 3.63) is 40.2 Å². The summed E-state index contributed by atoms with van der Waals surface area (Å²) in [7, 11) is 0. The molecule has 118 valence electrons. The third-order valence-electron chi connectivity index (χ3n) is 3.62. The first-order valence-corrected chi connectivity index (χ1v) is 7.88. The lowest BCUT2D eigenvalue weighted by Gasteiger charge is -2.34. The number of benzene rings is 1. The van der Waals surface area contributed by atoms with Gasteiger partial charge in [0, 0.05) is 11.8 Å². The van der Waals surface area contributed by atoms with E-state index in [1.807, 2.05) is 0 Å². The highest BCUT2D eigenvalue weighted by molar-refractivity contribution is 7.99. The van der Waals surface area contributed by atoms with E-state index in [0.717, 1.165) is 0 Å². The molecule has 6 nitrogen and oxygen atoms in total. The number of hydrogen-bond acceptors (Lipinski definition) is 7. The van der Waals surface area contributed by atoms with Crippen LogP contribution in [0.3, 0.4) is 0 Å². The number of fused-ring (bicyclic) bond motifs is 1. The number of thioether (sulfide) groups is 1. The van der Waals surface area contributed by atoms with Gasteiger partial charge in [0.15, 0.2) is 5.44 Å². The van der Waals surface area contributed by atoms with Crippen molar-refractivity contribution >= 4 is 22.7 Å². The number of hydrogen-bond donors (Lipinski definition) is 3. The zero-order valence-electron chi connectivity index (χ0n) is 11.8. The lowest BCUT2D eigenvalue weighted by Crippen LogP contribution is -2.50. The standard InChI is InChI=1S/C15H16O6S/c1-7-5-11(17)20-9-3-2-4-10(12(7)9)21-15-14(19)13(18)8(16)6-22-15/h2-5,8,13-16,18-19H,6H2,1H3/t8-,13+,14-,15-/m1/s1. The van der Waals surface area contributed by atoms with E-state index >= 15 is 0 Å². The Hall–Kier alpha value is -1.54. The molecule has 0 radical (unpaired) electrons. The maximum Gasteiger partial charge on any atom is 0.336 e. The number of aryl methyl sites for hydroxylation is 1. The van der Waals surface area contributed by atoms with Crippen LogP contribution in [0.4, 0.5) is 0 Å². The average Bonchev–Trinajstić information content (AvgIpc) is 2.47. The zero-order valence-corrected chi connectivity index (χ0v) is 12.6. The first-order chi connectivity index (χ1) is 10.5. The Morgan fingerprint density at radius 3 is 2.82 bits per heavy atom. The summed E-state index contributed by atoms with van der Waals surface area (Å²) in [5.74, 6) is 0.723. The molecule has 7 heteroatoms. The van der Waals surface area contributed by atoms with Crippen LogP contribution in [0.1, 0.15) is 5.56 Å². The lowest BCUT2D eigenvalue weighted by molar-refractivity contribution is -0.0784. The number of aliphatic hydroxyl groups is 3. The van der Waals surface area contributed by atoms with E-state index < -0.39 is 29.4 Å². The molecule has 1 fully saturated rings. The molecule has 4 atom stereocenters. The van der Waals surface area contributed by atoms with Crippen molar-refractivity contribution in [2.75, 3.05) is 5.75 Å². The summed E-state index contributed by atoms with van der Waals surface area (Å²) < 4.78 is 10.9. The summed E-state index contributed by atoms with van der Waals surface area (Å²) in [6, 6.07) is 6.43. The Bertz CT molecular complexity index is 742. The minimum atomic E-state index is -1.25. The largest absolute Gasteiger partial charge is 0.476 e. The minimum absolute atomic E-state index is 0.266. The Balaban J connectivity index is 1.96. The molecule has 0 spiro atoms. The Kier molecular flexibility index (Phi) is 4.14. The second-order valence-corrected chi connectivity index (χ2v) is 6.38. The highest BCUT2D eigenvalue weighted by Crippen LogP contribution is 2.33. The van der Waals surface area contributed by atoms with Gasteiger partial charge < -0.3 is 24.5 Å². The quantitative estimate of drug-likeness (QED) is 0.697. The molecule has 2 heterocycles. The maximum absolute atomic E-state index is 11.4. The van der Waals surface area contributed by atoms with Crippen molar-refractivity contribution in [1.82, 2.24) is 0 Å². The second kappa shape index (κ2) is 5.92. The molecular weight excluding hydrogens is 308 g/mol. The molecule has 1 saturated heterocycles. The molecule has 0 saturated carbocycles. The van der Waals surface area contributed by atoms with Crippen molar-refractivity contribution in [3.8, 4) is 5.75 Å². The predicted octanol–water partition coefficient (Wildman–Crippen LogP) is 0.636. The summed E-state index contributed by atoms with van der Waals surface area (Å²) in [6.07, 6.45) is -3.44. The number of aliphatic hydroxyl groups excluding tert-OH is 3. The van der Waals surface area contributed by atoms with Crippen LogP contribution < -0.4 is 10.4 Å². The topological polar surface area (TPSA) is 100 Å². The van der Waals surface area contributed by atoms with E-state index in [9.17, 15) is 20.1 Å². The highest BCUT2D eigenvalue weighted by Gasteiger charge is 2.38. The van der Waals surface area contributed by atoms with Gasteiger partial charge in [-0.05, 0) is 24.6 Å². The zero-order chi connectivity index (χ0) is 15.9. The molecule has 1 aliphatic heterocycles. The van der Waals surface area contributed by atoms with Crippen molar-refractivity contribution in [2.45, 2.75) is 30.7 Å². The van der Waals surface area contributed by atoms with Gasteiger partial charge in [-0.2, -0.15) is 0 Å². The van der Waals surface area contributed by atoms with Crippen molar-refractivity contribution in [3.63, 3.8) is 0 Å². The van der Waals surface area contributed by atoms with E-state index in [2.05, 4.69) is 0 Å². The molecule has 1 aromatic carbocycles. The molecule has 3 N–H and O–H groups in total. The fourth-order valence-electron chi connectivity index (χ4n) is 2.48. The fourth-order valence-corrected chi connectivity index (χ4v) is 3.59. The lowest BCUT2D eigenvalue weighted by atomic mass is 10.1. The van der Waals surface area contributed by atoms with Gasteiger partial charge >= 0.3 is 5.63 Å². The normalized spacial score (nSPS) is 28.7. The van der Waals surface area contributed by atoms with Crippen LogP contribution in [0.2, 0.25) is 0 Å². The first-order valence-electron chi connectivity index (χ1n) is 6.83. The molecule has 0 amide bonds. The molecule has 0 bridgehead atoms. The van der Waals surface area contributed by atoms with Crippen molar-refractivity contribution < 1.29 is 24.5 Å². The second-order valence-electron chi connectivity index (χ2n) is 5.25. The molecule has 1 aromatic heterocycles. The Morgan fingerprint density at radius 2 is 2.05 bits per heavy atom. The molecule has 0 unspecified atom stereocenters. The molecule has 2 aromatic rings. The van der Waals surface area contributed by atoms with Crippen LogP contribution in [0, 0.1) is 6.92 Å². The molecule has 0 aliphatic carbocycles. The van der Waals surface area contributed by atoms with Crippen LogP contribution in [0.25, 0.3) is 11.0 Å². The summed E-state index contributed by atoms with van der Waals surface area (Å²) in [5, 5.41) is 30.0. The maximum atomic E-state index is 11.4. The van der Waals surface area contributed by atoms with Crippen LogP contribution in [-0.4, -0.2) is 44.8 Å². The summed E-state index contributed by atoms with van der Waals surface area (Å²) in [5.41, 5.74) is -0.0424. The third-order valence-corrected chi connectivity index (χ3v) is 4.86. The van der Waals surface area contributed by atoms with E-state index in [1.54, 1.807) is 25.1 Å². The van der Waals surface area contributed by atoms with E-state index in [4.69, 9.17) is 9.15 Å².